The summed E-state index contributed by atoms with van der Waals surface area (Å²) in [5, 5.41) is 0. The lowest BCUT2D eigenvalue weighted by Gasteiger charge is -2.36. The van der Waals surface area contributed by atoms with E-state index in [1.807, 2.05) is 12.1 Å². The first-order valence-corrected chi connectivity index (χ1v) is 6.66. The van der Waals surface area contributed by atoms with Gasteiger partial charge in [0, 0.05) is 12.1 Å². The fraction of sp³-hybridized carbons (Fsp3) is 0.714. The summed E-state index contributed by atoms with van der Waals surface area (Å²) in [5.74, 6) is 0.988. The van der Waals surface area contributed by atoms with Gasteiger partial charge in [-0.15, -0.1) is 0 Å². The summed E-state index contributed by atoms with van der Waals surface area (Å²) < 4.78 is 5.57. The molecule has 2 N–H and O–H groups in total. The summed E-state index contributed by atoms with van der Waals surface area (Å²) in [6.45, 7) is 9.82. The predicted octanol–water partition coefficient (Wildman–Crippen LogP) is 3.18. The summed E-state index contributed by atoms with van der Waals surface area (Å²) >= 11 is 0. The van der Waals surface area contributed by atoms with E-state index >= 15 is 0 Å². The molecule has 2 unspecified atom stereocenters. The highest BCUT2D eigenvalue weighted by atomic mass is 16.3. The monoisotopic (exact) mass is 238 g/mol. The molecule has 0 saturated carbocycles. The maximum Gasteiger partial charge on any atom is 0.122 e. The summed E-state index contributed by atoms with van der Waals surface area (Å²) in [7, 11) is 0. The van der Waals surface area contributed by atoms with Crippen LogP contribution in [0.1, 0.15) is 52.3 Å². The van der Waals surface area contributed by atoms with Crippen LogP contribution in [0.2, 0.25) is 0 Å². The van der Waals surface area contributed by atoms with E-state index in [0.29, 0.717) is 6.04 Å². The van der Waals surface area contributed by atoms with Crippen LogP contribution in [0, 0.1) is 0 Å². The van der Waals surface area contributed by atoms with Crippen molar-refractivity contribution in [1.82, 2.24) is 4.90 Å². The first-order valence-electron chi connectivity index (χ1n) is 6.66. The Labute approximate surface area is 105 Å². The number of rotatable bonds is 7. The topological polar surface area (TPSA) is 42.4 Å². The first-order chi connectivity index (χ1) is 8.11. The van der Waals surface area contributed by atoms with Gasteiger partial charge in [0.15, 0.2) is 0 Å². The summed E-state index contributed by atoms with van der Waals surface area (Å²) in [6, 6.07) is 4.76. The van der Waals surface area contributed by atoms with Crippen molar-refractivity contribution in [3.63, 3.8) is 0 Å². The zero-order valence-electron chi connectivity index (χ0n) is 11.5. The molecule has 0 amide bonds. The molecule has 3 nitrogen and oxygen atoms in total. The van der Waals surface area contributed by atoms with E-state index in [1.165, 1.54) is 0 Å². The van der Waals surface area contributed by atoms with Crippen LogP contribution in [-0.2, 0) is 0 Å². The molecule has 0 fully saturated rings. The number of hydrogen-bond donors (Lipinski definition) is 1. The largest absolute Gasteiger partial charge is 0.468 e. The van der Waals surface area contributed by atoms with Gasteiger partial charge in [0.25, 0.3) is 0 Å². The van der Waals surface area contributed by atoms with Gasteiger partial charge in [-0.25, -0.2) is 0 Å². The molecule has 1 rings (SSSR count). The zero-order valence-corrected chi connectivity index (χ0v) is 11.5. The van der Waals surface area contributed by atoms with Gasteiger partial charge < -0.3 is 10.2 Å². The normalized spacial score (nSPS) is 15.5. The van der Waals surface area contributed by atoms with E-state index < -0.39 is 0 Å². The molecule has 3 heteroatoms. The van der Waals surface area contributed by atoms with E-state index in [0.717, 1.165) is 25.1 Å². The van der Waals surface area contributed by atoms with Crippen LogP contribution in [0.3, 0.4) is 0 Å². The van der Waals surface area contributed by atoms with Gasteiger partial charge in [0.1, 0.15) is 5.76 Å². The number of nitrogens with two attached hydrogens (primary N) is 1. The van der Waals surface area contributed by atoms with E-state index in [4.69, 9.17) is 10.2 Å². The van der Waals surface area contributed by atoms with Crippen molar-refractivity contribution >= 4 is 0 Å². The molecule has 0 aliphatic rings. The molecule has 17 heavy (non-hydrogen) atoms. The van der Waals surface area contributed by atoms with Crippen molar-refractivity contribution in [3.05, 3.63) is 24.2 Å². The van der Waals surface area contributed by atoms with Crippen LogP contribution >= 0.6 is 0 Å². The second-order valence-electron chi connectivity index (χ2n) is 4.86. The lowest BCUT2D eigenvalue weighted by Crippen LogP contribution is -2.44. The Morgan fingerprint density at radius 1 is 1.35 bits per heavy atom. The summed E-state index contributed by atoms with van der Waals surface area (Å²) in [6.07, 6.45) is 3.82. The second-order valence-corrected chi connectivity index (χ2v) is 4.86. The summed E-state index contributed by atoms with van der Waals surface area (Å²) in [5.41, 5.74) is 6.28. The molecule has 2 atom stereocenters. The minimum atomic E-state index is 0.120. The van der Waals surface area contributed by atoms with Gasteiger partial charge in [-0.3, -0.25) is 4.90 Å². The van der Waals surface area contributed by atoms with Crippen LogP contribution in [0.15, 0.2) is 22.8 Å². The standard InChI is InChI=1S/C14H26N2O/c1-5-9-16(11(3)4)14(12(15)6-2)13-8-7-10-17-13/h7-8,10-12,14H,5-6,9,15H2,1-4H3. The zero-order chi connectivity index (χ0) is 12.8. The van der Waals surface area contributed by atoms with E-state index in [-0.39, 0.29) is 12.1 Å². The number of furan rings is 1. The van der Waals surface area contributed by atoms with E-state index in [9.17, 15) is 0 Å². The first kappa shape index (κ1) is 14.3. The highest BCUT2D eigenvalue weighted by molar-refractivity contribution is 5.08. The van der Waals surface area contributed by atoms with Crippen molar-refractivity contribution < 1.29 is 4.42 Å². The van der Waals surface area contributed by atoms with Crippen LogP contribution in [0.4, 0.5) is 0 Å². The van der Waals surface area contributed by atoms with Crippen molar-refractivity contribution in [3.8, 4) is 0 Å². The molecule has 0 aliphatic carbocycles. The second kappa shape index (κ2) is 6.82. The Hall–Kier alpha value is -0.800. The van der Waals surface area contributed by atoms with Gasteiger partial charge >= 0.3 is 0 Å². The predicted molar refractivity (Wildman–Crippen MR) is 71.8 cm³/mol. The molecule has 0 saturated heterocycles. The maximum absolute atomic E-state index is 6.28. The fourth-order valence-electron chi connectivity index (χ4n) is 2.28. The van der Waals surface area contributed by atoms with Crippen molar-refractivity contribution in [1.29, 1.82) is 0 Å². The molecular weight excluding hydrogens is 212 g/mol. The Morgan fingerprint density at radius 2 is 2.06 bits per heavy atom. The van der Waals surface area contributed by atoms with E-state index in [2.05, 4.69) is 32.6 Å². The van der Waals surface area contributed by atoms with Gasteiger partial charge in [-0.1, -0.05) is 13.8 Å². The van der Waals surface area contributed by atoms with Crippen molar-refractivity contribution in [2.24, 2.45) is 5.73 Å². The third-order valence-electron chi connectivity index (χ3n) is 3.21. The molecule has 1 aromatic heterocycles. The van der Waals surface area contributed by atoms with Crippen LogP contribution in [0.5, 0.6) is 0 Å². The minimum Gasteiger partial charge on any atom is -0.468 e. The molecular formula is C14H26N2O. The van der Waals surface area contributed by atoms with Crippen LogP contribution < -0.4 is 5.73 Å². The maximum atomic E-state index is 6.28. The average Bonchev–Trinajstić information content (AvgIpc) is 2.81. The highest BCUT2D eigenvalue weighted by Gasteiger charge is 2.29. The number of nitrogens with zero attached hydrogens (tertiary/aromatic N) is 1. The highest BCUT2D eigenvalue weighted by Crippen LogP contribution is 2.27. The molecule has 0 aliphatic heterocycles. The van der Waals surface area contributed by atoms with Gasteiger partial charge in [0.05, 0.1) is 12.3 Å². The molecule has 0 bridgehead atoms. The lowest BCUT2D eigenvalue weighted by molar-refractivity contribution is 0.113. The molecule has 1 aromatic rings. The molecule has 0 spiro atoms. The molecule has 98 valence electrons. The molecule has 0 radical (unpaired) electrons. The van der Waals surface area contributed by atoms with Gasteiger partial charge in [-0.05, 0) is 45.4 Å². The van der Waals surface area contributed by atoms with Crippen molar-refractivity contribution in [2.45, 2.75) is 58.7 Å². The summed E-state index contributed by atoms with van der Waals surface area (Å²) in [4.78, 5) is 2.44. The minimum absolute atomic E-state index is 0.120. The Kier molecular flexibility index (Phi) is 5.72. The molecule has 0 aromatic carbocycles. The Balaban J connectivity index is 2.95. The molecule has 1 heterocycles. The Morgan fingerprint density at radius 3 is 2.47 bits per heavy atom. The van der Waals surface area contributed by atoms with Gasteiger partial charge in [0.2, 0.25) is 0 Å². The third-order valence-corrected chi connectivity index (χ3v) is 3.21. The quantitative estimate of drug-likeness (QED) is 0.793. The van der Waals surface area contributed by atoms with E-state index in [1.54, 1.807) is 6.26 Å². The SMILES string of the molecule is CCCN(C(C)C)C(c1ccco1)C(N)CC. The number of hydrogen-bond acceptors (Lipinski definition) is 3. The lowest BCUT2D eigenvalue weighted by atomic mass is 10.0. The van der Waals surface area contributed by atoms with Crippen molar-refractivity contribution in [2.75, 3.05) is 6.54 Å². The van der Waals surface area contributed by atoms with Gasteiger partial charge in [-0.2, -0.15) is 0 Å². The third kappa shape index (κ3) is 3.58. The van der Waals surface area contributed by atoms with Crippen LogP contribution in [0.25, 0.3) is 0 Å². The smallest absolute Gasteiger partial charge is 0.122 e. The van der Waals surface area contributed by atoms with Crippen LogP contribution in [-0.4, -0.2) is 23.5 Å². The Bertz CT molecular complexity index is 295. The fourth-order valence-corrected chi connectivity index (χ4v) is 2.28. The average molecular weight is 238 g/mol.